The standard InChI is InChI=1S/C13H14N2OS2/c16-7-9-1-3-10(4-2-9)8-17-13-15-14-12(18-13)11-5-6-11/h1-4,11,16H,5-8H2. The number of hydrogen-bond donors (Lipinski definition) is 1. The Bertz CT molecular complexity index is 520. The van der Waals surface area contributed by atoms with Gasteiger partial charge in [-0.1, -0.05) is 47.4 Å². The molecule has 0 aliphatic heterocycles. The zero-order chi connectivity index (χ0) is 12.4. The molecule has 0 unspecified atom stereocenters. The van der Waals surface area contributed by atoms with Gasteiger partial charge in [0.2, 0.25) is 0 Å². The van der Waals surface area contributed by atoms with Crippen LogP contribution in [0.4, 0.5) is 0 Å². The lowest BCUT2D eigenvalue weighted by atomic mass is 10.2. The van der Waals surface area contributed by atoms with Crippen LogP contribution in [0.2, 0.25) is 0 Å². The molecule has 0 radical (unpaired) electrons. The maximum atomic E-state index is 8.98. The van der Waals surface area contributed by atoms with E-state index in [1.807, 2.05) is 12.1 Å². The number of benzene rings is 1. The van der Waals surface area contributed by atoms with E-state index in [2.05, 4.69) is 22.3 Å². The third-order valence-corrected chi connectivity index (χ3v) is 5.21. The molecule has 0 atom stereocenters. The number of aliphatic hydroxyl groups excluding tert-OH is 1. The fourth-order valence-corrected chi connectivity index (χ4v) is 3.65. The van der Waals surface area contributed by atoms with Crippen molar-refractivity contribution in [3.63, 3.8) is 0 Å². The highest BCUT2D eigenvalue weighted by atomic mass is 32.2. The van der Waals surface area contributed by atoms with E-state index >= 15 is 0 Å². The molecule has 1 fully saturated rings. The van der Waals surface area contributed by atoms with Crippen molar-refractivity contribution in [2.75, 3.05) is 0 Å². The van der Waals surface area contributed by atoms with Crippen molar-refractivity contribution in [2.24, 2.45) is 0 Å². The molecule has 3 rings (SSSR count). The first-order valence-corrected chi connectivity index (χ1v) is 7.80. The summed E-state index contributed by atoms with van der Waals surface area (Å²) in [5.74, 6) is 1.60. The Hall–Kier alpha value is -0.910. The molecule has 0 saturated heterocycles. The highest BCUT2D eigenvalue weighted by molar-refractivity contribution is 8.00. The average molecular weight is 278 g/mol. The number of rotatable bonds is 5. The van der Waals surface area contributed by atoms with Gasteiger partial charge in [0.1, 0.15) is 5.01 Å². The van der Waals surface area contributed by atoms with Crippen LogP contribution in [0.15, 0.2) is 28.6 Å². The Kier molecular flexibility index (Phi) is 3.63. The van der Waals surface area contributed by atoms with Crippen molar-refractivity contribution in [2.45, 2.75) is 35.5 Å². The third kappa shape index (κ3) is 2.91. The molecule has 3 nitrogen and oxygen atoms in total. The lowest BCUT2D eigenvalue weighted by molar-refractivity contribution is 0.282. The van der Waals surface area contributed by atoms with E-state index in [1.54, 1.807) is 23.1 Å². The van der Waals surface area contributed by atoms with Gasteiger partial charge in [-0.3, -0.25) is 0 Å². The van der Waals surface area contributed by atoms with E-state index < -0.39 is 0 Å². The predicted octanol–water partition coefficient (Wildman–Crippen LogP) is 3.20. The van der Waals surface area contributed by atoms with Crippen molar-refractivity contribution in [3.8, 4) is 0 Å². The summed E-state index contributed by atoms with van der Waals surface area (Å²) in [4.78, 5) is 0. The summed E-state index contributed by atoms with van der Waals surface area (Å²) in [6.45, 7) is 0.106. The number of nitrogens with zero attached hydrogens (tertiary/aromatic N) is 2. The largest absolute Gasteiger partial charge is 0.392 e. The lowest BCUT2D eigenvalue weighted by Gasteiger charge is -2.00. The summed E-state index contributed by atoms with van der Waals surface area (Å²) in [6, 6.07) is 8.04. The smallest absolute Gasteiger partial charge is 0.174 e. The maximum Gasteiger partial charge on any atom is 0.174 e. The molecule has 5 heteroatoms. The van der Waals surface area contributed by atoms with Crippen LogP contribution < -0.4 is 0 Å². The van der Waals surface area contributed by atoms with Crippen LogP contribution >= 0.6 is 23.1 Å². The molecular formula is C13H14N2OS2. The van der Waals surface area contributed by atoms with E-state index in [0.29, 0.717) is 5.92 Å². The molecule has 0 spiro atoms. The van der Waals surface area contributed by atoms with Crippen LogP contribution in [0.1, 0.15) is 34.9 Å². The summed E-state index contributed by atoms with van der Waals surface area (Å²) in [6.07, 6.45) is 2.56. The molecule has 94 valence electrons. The monoisotopic (exact) mass is 278 g/mol. The fourth-order valence-electron chi connectivity index (χ4n) is 1.66. The third-order valence-electron chi connectivity index (χ3n) is 2.92. The minimum Gasteiger partial charge on any atom is -0.392 e. The van der Waals surface area contributed by atoms with Gasteiger partial charge in [0, 0.05) is 11.7 Å². The molecule has 0 bridgehead atoms. The van der Waals surface area contributed by atoms with Crippen molar-refractivity contribution >= 4 is 23.1 Å². The van der Waals surface area contributed by atoms with Gasteiger partial charge in [0.15, 0.2) is 4.34 Å². The maximum absolute atomic E-state index is 8.98. The molecule has 1 saturated carbocycles. The van der Waals surface area contributed by atoms with Gasteiger partial charge in [0.25, 0.3) is 0 Å². The zero-order valence-electron chi connectivity index (χ0n) is 9.87. The van der Waals surface area contributed by atoms with Crippen LogP contribution in [-0.2, 0) is 12.4 Å². The molecule has 1 aliphatic rings. The Morgan fingerprint density at radius 2 is 1.89 bits per heavy atom. The highest BCUT2D eigenvalue weighted by Gasteiger charge is 2.27. The fraction of sp³-hybridized carbons (Fsp3) is 0.385. The Labute approximate surface area is 114 Å². The number of hydrogen-bond acceptors (Lipinski definition) is 5. The van der Waals surface area contributed by atoms with Gasteiger partial charge in [-0.05, 0) is 24.0 Å². The lowest BCUT2D eigenvalue weighted by Crippen LogP contribution is -1.84. The number of thioether (sulfide) groups is 1. The Morgan fingerprint density at radius 3 is 2.56 bits per heavy atom. The van der Waals surface area contributed by atoms with Crippen molar-refractivity contribution in [1.29, 1.82) is 0 Å². The second-order valence-electron chi connectivity index (χ2n) is 4.44. The second kappa shape index (κ2) is 5.38. The first-order valence-electron chi connectivity index (χ1n) is 6.00. The van der Waals surface area contributed by atoms with Crippen molar-refractivity contribution < 1.29 is 5.11 Å². The highest BCUT2D eigenvalue weighted by Crippen LogP contribution is 2.42. The number of aromatic nitrogens is 2. The van der Waals surface area contributed by atoms with Crippen LogP contribution in [0.25, 0.3) is 0 Å². The van der Waals surface area contributed by atoms with Crippen molar-refractivity contribution in [3.05, 3.63) is 40.4 Å². The summed E-state index contributed by atoms with van der Waals surface area (Å²) in [5.41, 5.74) is 2.20. The molecule has 2 aromatic rings. The summed E-state index contributed by atoms with van der Waals surface area (Å²) in [7, 11) is 0. The molecule has 18 heavy (non-hydrogen) atoms. The predicted molar refractivity (Wildman–Crippen MR) is 73.8 cm³/mol. The zero-order valence-corrected chi connectivity index (χ0v) is 11.5. The minimum absolute atomic E-state index is 0.106. The van der Waals surface area contributed by atoms with Crippen LogP contribution in [-0.4, -0.2) is 15.3 Å². The molecule has 1 aromatic heterocycles. The Morgan fingerprint density at radius 1 is 1.17 bits per heavy atom. The van der Waals surface area contributed by atoms with E-state index in [4.69, 9.17) is 5.11 Å². The van der Waals surface area contributed by atoms with Crippen LogP contribution in [0.3, 0.4) is 0 Å². The van der Waals surface area contributed by atoms with Gasteiger partial charge in [-0.15, -0.1) is 10.2 Å². The quantitative estimate of drug-likeness (QED) is 0.853. The van der Waals surface area contributed by atoms with Gasteiger partial charge in [-0.2, -0.15) is 0 Å². The molecule has 1 aliphatic carbocycles. The summed E-state index contributed by atoms with van der Waals surface area (Å²) >= 11 is 3.47. The topological polar surface area (TPSA) is 46.0 Å². The molecule has 0 amide bonds. The molecular weight excluding hydrogens is 264 g/mol. The van der Waals surface area contributed by atoms with Crippen LogP contribution in [0, 0.1) is 0 Å². The van der Waals surface area contributed by atoms with E-state index in [-0.39, 0.29) is 6.61 Å². The van der Waals surface area contributed by atoms with E-state index in [0.717, 1.165) is 15.7 Å². The SMILES string of the molecule is OCc1ccc(CSc2nnc(C3CC3)s2)cc1. The van der Waals surface area contributed by atoms with Gasteiger partial charge in [0.05, 0.1) is 6.61 Å². The summed E-state index contributed by atoms with van der Waals surface area (Å²) < 4.78 is 1.06. The molecule has 1 N–H and O–H groups in total. The average Bonchev–Trinajstić information content (AvgIpc) is 3.16. The molecule has 1 heterocycles. The van der Waals surface area contributed by atoms with Gasteiger partial charge < -0.3 is 5.11 Å². The van der Waals surface area contributed by atoms with Gasteiger partial charge in [-0.25, -0.2) is 0 Å². The Balaban J connectivity index is 1.58. The van der Waals surface area contributed by atoms with Gasteiger partial charge >= 0.3 is 0 Å². The van der Waals surface area contributed by atoms with Crippen LogP contribution in [0.5, 0.6) is 0 Å². The van der Waals surface area contributed by atoms with E-state index in [1.165, 1.54) is 23.4 Å². The van der Waals surface area contributed by atoms with E-state index in [9.17, 15) is 0 Å². The normalized spacial score (nSPS) is 14.9. The number of aliphatic hydroxyl groups is 1. The summed E-state index contributed by atoms with van der Waals surface area (Å²) in [5, 5.41) is 18.6. The first-order chi connectivity index (χ1) is 8.85. The molecule has 1 aromatic carbocycles. The van der Waals surface area contributed by atoms with Crippen molar-refractivity contribution in [1.82, 2.24) is 10.2 Å². The second-order valence-corrected chi connectivity index (χ2v) is 6.68. The first kappa shape index (κ1) is 12.1. The minimum atomic E-state index is 0.106.